The Kier molecular flexibility index (Phi) is 4.53. The van der Waals surface area contributed by atoms with Crippen LogP contribution in [0.25, 0.3) is 0 Å². The average molecular weight is 273 g/mol. The molecule has 0 saturated heterocycles. The fourth-order valence-corrected chi connectivity index (χ4v) is 2.37. The molecular weight excluding hydrogens is 253 g/mol. The van der Waals surface area contributed by atoms with Gasteiger partial charge < -0.3 is 10.8 Å². The summed E-state index contributed by atoms with van der Waals surface area (Å²) in [6.07, 6.45) is -0.808. The standard InChI is InChI=1S/C17H20FNO/c1-11-4-3-5-13(8-11)15(10-19)17(20)14-7-6-12(2)16(18)9-14/h3-9,15,17,20H,10,19H2,1-2H3. The molecule has 0 aromatic heterocycles. The van der Waals surface area contributed by atoms with Crippen LogP contribution in [0.2, 0.25) is 0 Å². The molecule has 2 aromatic rings. The van der Waals surface area contributed by atoms with Gasteiger partial charge in [0.2, 0.25) is 0 Å². The lowest BCUT2D eigenvalue weighted by molar-refractivity contribution is 0.147. The summed E-state index contributed by atoms with van der Waals surface area (Å²) in [7, 11) is 0. The molecule has 2 aromatic carbocycles. The normalized spacial score (nSPS) is 14.1. The van der Waals surface area contributed by atoms with E-state index in [2.05, 4.69) is 0 Å². The molecule has 0 bridgehead atoms. The highest BCUT2D eigenvalue weighted by Gasteiger charge is 2.22. The predicted octanol–water partition coefficient (Wildman–Crippen LogP) is 3.22. The van der Waals surface area contributed by atoms with E-state index < -0.39 is 6.10 Å². The Morgan fingerprint density at radius 3 is 2.45 bits per heavy atom. The van der Waals surface area contributed by atoms with Gasteiger partial charge in [-0.05, 0) is 36.6 Å². The number of aryl methyl sites for hydroxylation is 2. The Morgan fingerprint density at radius 1 is 1.10 bits per heavy atom. The molecule has 2 nitrogen and oxygen atoms in total. The van der Waals surface area contributed by atoms with E-state index in [0.29, 0.717) is 17.7 Å². The lowest BCUT2D eigenvalue weighted by atomic mass is 9.88. The Balaban J connectivity index is 2.33. The number of rotatable bonds is 4. The monoisotopic (exact) mass is 273 g/mol. The van der Waals surface area contributed by atoms with Crippen LogP contribution in [0, 0.1) is 19.7 Å². The SMILES string of the molecule is Cc1cccc(C(CN)C(O)c2ccc(C)c(F)c2)c1. The van der Waals surface area contributed by atoms with E-state index in [0.717, 1.165) is 11.1 Å². The maximum atomic E-state index is 13.6. The molecule has 20 heavy (non-hydrogen) atoms. The van der Waals surface area contributed by atoms with E-state index in [4.69, 9.17) is 5.73 Å². The fourth-order valence-electron chi connectivity index (χ4n) is 2.37. The molecule has 2 rings (SSSR count). The summed E-state index contributed by atoms with van der Waals surface area (Å²) < 4.78 is 13.6. The first kappa shape index (κ1) is 14.7. The molecule has 0 amide bonds. The molecule has 2 atom stereocenters. The van der Waals surface area contributed by atoms with Crippen molar-refractivity contribution >= 4 is 0 Å². The number of nitrogens with two attached hydrogens (primary N) is 1. The van der Waals surface area contributed by atoms with Crippen LogP contribution in [0.15, 0.2) is 42.5 Å². The van der Waals surface area contributed by atoms with Gasteiger partial charge in [0, 0.05) is 12.5 Å². The first-order valence-corrected chi connectivity index (χ1v) is 6.73. The summed E-state index contributed by atoms with van der Waals surface area (Å²) in [6.45, 7) is 4.00. The zero-order chi connectivity index (χ0) is 14.7. The highest BCUT2D eigenvalue weighted by Crippen LogP contribution is 2.31. The summed E-state index contributed by atoms with van der Waals surface area (Å²) in [5.74, 6) is -0.543. The summed E-state index contributed by atoms with van der Waals surface area (Å²) in [4.78, 5) is 0. The Labute approximate surface area is 119 Å². The molecule has 0 aliphatic rings. The molecule has 3 N–H and O–H groups in total. The van der Waals surface area contributed by atoms with Gasteiger partial charge in [0.05, 0.1) is 6.10 Å². The minimum absolute atomic E-state index is 0.239. The average Bonchev–Trinajstić information content (AvgIpc) is 2.42. The zero-order valence-electron chi connectivity index (χ0n) is 11.8. The minimum Gasteiger partial charge on any atom is -0.388 e. The van der Waals surface area contributed by atoms with Crippen molar-refractivity contribution < 1.29 is 9.50 Å². The third-order valence-corrected chi connectivity index (χ3v) is 3.64. The molecule has 2 unspecified atom stereocenters. The molecule has 0 saturated carbocycles. The number of halogens is 1. The Hall–Kier alpha value is -1.71. The third-order valence-electron chi connectivity index (χ3n) is 3.64. The maximum Gasteiger partial charge on any atom is 0.126 e. The highest BCUT2D eigenvalue weighted by atomic mass is 19.1. The van der Waals surface area contributed by atoms with Gasteiger partial charge in [-0.25, -0.2) is 4.39 Å². The van der Waals surface area contributed by atoms with E-state index in [1.165, 1.54) is 6.07 Å². The van der Waals surface area contributed by atoms with Gasteiger partial charge in [0.1, 0.15) is 5.82 Å². The van der Waals surface area contributed by atoms with Gasteiger partial charge in [-0.3, -0.25) is 0 Å². The molecule has 3 heteroatoms. The van der Waals surface area contributed by atoms with Gasteiger partial charge in [-0.2, -0.15) is 0 Å². The van der Waals surface area contributed by atoms with E-state index in [9.17, 15) is 9.50 Å². The van der Waals surface area contributed by atoms with Crippen LogP contribution in [0.3, 0.4) is 0 Å². The van der Waals surface area contributed by atoms with E-state index in [-0.39, 0.29) is 11.7 Å². The lowest BCUT2D eigenvalue weighted by Gasteiger charge is -2.23. The number of benzene rings is 2. The van der Waals surface area contributed by atoms with Gasteiger partial charge in [-0.15, -0.1) is 0 Å². The van der Waals surface area contributed by atoms with Crippen LogP contribution < -0.4 is 5.73 Å². The first-order valence-electron chi connectivity index (χ1n) is 6.73. The van der Waals surface area contributed by atoms with Crippen molar-refractivity contribution in [2.45, 2.75) is 25.9 Å². The van der Waals surface area contributed by atoms with Crippen molar-refractivity contribution in [3.05, 3.63) is 70.5 Å². The van der Waals surface area contributed by atoms with Crippen LogP contribution in [0.5, 0.6) is 0 Å². The zero-order valence-corrected chi connectivity index (χ0v) is 11.8. The van der Waals surface area contributed by atoms with Crippen LogP contribution in [-0.4, -0.2) is 11.7 Å². The molecule has 0 aliphatic heterocycles. The van der Waals surface area contributed by atoms with Gasteiger partial charge in [0.15, 0.2) is 0 Å². The van der Waals surface area contributed by atoms with Crippen molar-refractivity contribution in [2.24, 2.45) is 5.73 Å². The molecule has 106 valence electrons. The summed E-state index contributed by atoms with van der Waals surface area (Å²) in [5, 5.41) is 10.5. The van der Waals surface area contributed by atoms with Crippen LogP contribution in [-0.2, 0) is 0 Å². The fraction of sp³-hybridized carbons (Fsp3) is 0.294. The van der Waals surface area contributed by atoms with Crippen molar-refractivity contribution in [3.8, 4) is 0 Å². The van der Waals surface area contributed by atoms with E-state index in [1.807, 2.05) is 31.2 Å². The number of aliphatic hydroxyl groups is 1. The molecule has 0 spiro atoms. The molecular formula is C17H20FNO. The largest absolute Gasteiger partial charge is 0.388 e. The Bertz CT molecular complexity index is 597. The summed E-state index contributed by atoms with van der Waals surface area (Å²) in [5.41, 5.74) is 9.02. The smallest absolute Gasteiger partial charge is 0.126 e. The van der Waals surface area contributed by atoms with Gasteiger partial charge in [-0.1, -0.05) is 42.0 Å². The number of hydrogen-bond donors (Lipinski definition) is 2. The summed E-state index contributed by atoms with van der Waals surface area (Å²) in [6, 6.07) is 12.7. The second kappa shape index (κ2) is 6.16. The van der Waals surface area contributed by atoms with Gasteiger partial charge >= 0.3 is 0 Å². The van der Waals surface area contributed by atoms with Gasteiger partial charge in [0.25, 0.3) is 0 Å². The molecule has 0 fully saturated rings. The van der Waals surface area contributed by atoms with Crippen molar-refractivity contribution in [1.82, 2.24) is 0 Å². The Morgan fingerprint density at radius 2 is 1.85 bits per heavy atom. The molecule has 0 aliphatic carbocycles. The first-order chi connectivity index (χ1) is 9.52. The van der Waals surface area contributed by atoms with Crippen molar-refractivity contribution in [2.75, 3.05) is 6.54 Å². The topological polar surface area (TPSA) is 46.2 Å². The van der Waals surface area contributed by atoms with Crippen LogP contribution in [0.4, 0.5) is 4.39 Å². The molecule has 0 heterocycles. The second-order valence-corrected chi connectivity index (χ2v) is 5.21. The molecule has 0 radical (unpaired) electrons. The number of aliphatic hydroxyl groups excluding tert-OH is 1. The number of hydrogen-bond acceptors (Lipinski definition) is 2. The van der Waals surface area contributed by atoms with Crippen molar-refractivity contribution in [1.29, 1.82) is 0 Å². The van der Waals surface area contributed by atoms with E-state index >= 15 is 0 Å². The highest BCUT2D eigenvalue weighted by molar-refractivity contribution is 5.31. The second-order valence-electron chi connectivity index (χ2n) is 5.21. The van der Waals surface area contributed by atoms with E-state index in [1.54, 1.807) is 19.1 Å². The lowest BCUT2D eigenvalue weighted by Crippen LogP contribution is -2.20. The predicted molar refractivity (Wildman–Crippen MR) is 79.1 cm³/mol. The third kappa shape index (κ3) is 3.06. The van der Waals surface area contributed by atoms with Crippen LogP contribution >= 0.6 is 0 Å². The maximum absolute atomic E-state index is 13.6. The minimum atomic E-state index is -0.808. The van der Waals surface area contributed by atoms with Crippen LogP contribution in [0.1, 0.15) is 34.3 Å². The summed E-state index contributed by atoms with van der Waals surface area (Å²) >= 11 is 0. The van der Waals surface area contributed by atoms with Crippen molar-refractivity contribution in [3.63, 3.8) is 0 Å². The quantitative estimate of drug-likeness (QED) is 0.898.